The Morgan fingerprint density at radius 2 is 1.95 bits per heavy atom. The molecule has 0 amide bonds. The van der Waals surface area contributed by atoms with Crippen molar-refractivity contribution in [3.05, 3.63) is 35.7 Å². The van der Waals surface area contributed by atoms with E-state index in [0.717, 1.165) is 27.6 Å². The Labute approximate surface area is 123 Å². The molecule has 0 saturated carbocycles. The Bertz CT molecular complexity index is 614. The van der Waals surface area contributed by atoms with Gasteiger partial charge in [0.05, 0.1) is 0 Å². The third-order valence-corrected chi connectivity index (χ3v) is 3.70. The van der Waals surface area contributed by atoms with Gasteiger partial charge in [0.25, 0.3) is 0 Å². The van der Waals surface area contributed by atoms with Gasteiger partial charge in [-0.15, -0.1) is 11.8 Å². The minimum absolute atomic E-state index is 0.328. The van der Waals surface area contributed by atoms with Crippen LogP contribution < -0.4 is 10.5 Å². The van der Waals surface area contributed by atoms with E-state index in [2.05, 4.69) is 23.8 Å². The van der Waals surface area contributed by atoms with E-state index in [1.54, 1.807) is 11.8 Å². The van der Waals surface area contributed by atoms with E-state index >= 15 is 0 Å². The number of anilines is 1. The summed E-state index contributed by atoms with van der Waals surface area (Å²) in [6.07, 6.45) is 3.49. The number of thioether (sulfide) groups is 1. The molecule has 4 nitrogen and oxygen atoms in total. The minimum Gasteiger partial charge on any atom is -0.439 e. The topological polar surface area (TPSA) is 61.0 Å². The van der Waals surface area contributed by atoms with Crippen molar-refractivity contribution in [3.8, 4) is 11.6 Å². The highest BCUT2D eigenvalue weighted by Gasteiger charge is 2.12. The SMILES string of the molecule is CSc1cc(Oc2cc(C)c(N)cc2C(C)C)ncn1. The summed E-state index contributed by atoms with van der Waals surface area (Å²) in [5.74, 6) is 1.68. The summed E-state index contributed by atoms with van der Waals surface area (Å²) in [5, 5.41) is 0.883. The molecule has 2 aromatic rings. The highest BCUT2D eigenvalue weighted by Crippen LogP contribution is 2.33. The number of nitrogen functional groups attached to an aromatic ring is 1. The minimum atomic E-state index is 0.328. The van der Waals surface area contributed by atoms with Gasteiger partial charge in [0.15, 0.2) is 0 Å². The molecule has 0 aliphatic rings. The molecule has 106 valence electrons. The van der Waals surface area contributed by atoms with E-state index in [-0.39, 0.29) is 0 Å². The lowest BCUT2D eigenvalue weighted by molar-refractivity contribution is 0.450. The van der Waals surface area contributed by atoms with Crippen molar-refractivity contribution in [2.75, 3.05) is 12.0 Å². The van der Waals surface area contributed by atoms with Crippen molar-refractivity contribution in [3.63, 3.8) is 0 Å². The lowest BCUT2D eigenvalue weighted by atomic mass is 9.99. The summed E-state index contributed by atoms with van der Waals surface area (Å²) in [6, 6.07) is 5.78. The summed E-state index contributed by atoms with van der Waals surface area (Å²) in [7, 11) is 0. The summed E-state index contributed by atoms with van der Waals surface area (Å²) in [6.45, 7) is 6.20. The highest BCUT2D eigenvalue weighted by molar-refractivity contribution is 7.98. The van der Waals surface area contributed by atoms with Gasteiger partial charge in [-0.3, -0.25) is 0 Å². The van der Waals surface area contributed by atoms with E-state index in [0.29, 0.717) is 11.8 Å². The number of hydrogen-bond donors (Lipinski definition) is 1. The van der Waals surface area contributed by atoms with Crippen molar-refractivity contribution in [2.45, 2.75) is 31.7 Å². The van der Waals surface area contributed by atoms with E-state index in [1.807, 2.05) is 31.4 Å². The molecule has 0 bridgehead atoms. The van der Waals surface area contributed by atoms with Crippen molar-refractivity contribution in [2.24, 2.45) is 0 Å². The number of aromatic nitrogens is 2. The number of aryl methyl sites for hydroxylation is 1. The number of nitrogens with zero attached hydrogens (tertiary/aromatic N) is 2. The first-order chi connectivity index (χ1) is 9.51. The molecule has 0 radical (unpaired) electrons. The highest BCUT2D eigenvalue weighted by atomic mass is 32.2. The number of nitrogens with two attached hydrogens (primary N) is 1. The first-order valence-corrected chi connectivity index (χ1v) is 7.67. The van der Waals surface area contributed by atoms with Crippen LogP contribution in [0, 0.1) is 6.92 Å². The predicted octanol–water partition coefficient (Wildman–Crippen LogP) is 4.00. The Hall–Kier alpha value is -1.75. The van der Waals surface area contributed by atoms with Crippen molar-refractivity contribution in [1.82, 2.24) is 9.97 Å². The van der Waals surface area contributed by atoms with Crippen LogP contribution in [0.4, 0.5) is 5.69 Å². The van der Waals surface area contributed by atoms with Crippen LogP contribution >= 0.6 is 11.8 Å². The number of ether oxygens (including phenoxy) is 1. The van der Waals surface area contributed by atoms with Gasteiger partial charge in [0.2, 0.25) is 5.88 Å². The third kappa shape index (κ3) is 3.22. The van der Waals surface area contributed by atoms with E-state index in [1.165, 1.54) is 6.33 Å². The monoisotopic (exact) mass is 289 g/mol. The van der Waals surface area contributed by atoms with Crippen molar-refractivity contribution in [1.29, 1.82) is 0 Å². The molecule has 0 aliphatic heterocycles. The van der Waals surface area contributed by atoms with Crippen LogP contribution in [-0.4, -0.2) is 16.2 Å². The van der Waals surface area contributed by atoms with Gasteiger partial charge in [0.1, 0.15) is 17.1 Å². The molecular formula is C15H19N3OS. The molecule has 2 rings (SSSR count). The van der Waals surface area contributed by atoms with Gasteiger partial charge in [-0.25, -0.2) is 9.97 Å². The molecule has 0 fully saturated rings. The van der Waals surface area contributed by atoms with E-state index in [4.69, 9.17) is 10.5 Å². The van der Waals surface area contributed by atoms with Gasteiger partial charge < -0.3 is 10.5 Å². The summed E-state index contributed by atoms with van der Waals surface area (Å²) >= 11 is 1.56. The fourth-order valence-electron chi connectivity index (χ4n) is 1.86. The lowest BCUT2D eigenvalue weighted by Crippen LogP contribution is -2.00. The Kier molecular flexibility index (Phi) is 4.49. The normalized spacial score (nSPS) is 10.8. The van der Waals surface area contributed by atoms with Crippen molar-refractivity contribution < 1.29 is 4.74 Å². The smallest absolute Gasteiger partial charge is 0.223 e. The second kappa shape index (κ2) is 6.13. The fraction of sp³-hybridized carbons (Fsp3) is 0.333. The first kappa shape index (κ1) is 14.7. The number of benzene rings is 1. The zero-order valence-electron chi connectivity index (χ0n) is 12.2. The van der Waals surface area contributed by atoms with Crippen molar-refractivity contribution >= 4 is 17.4 Å². The fourth-order valence-corrected chi connectivity index (χ4v) is 2.23. The van der Waals surface area contributed by atoms with Crippen LogP contribution in [-0.2, 0) is 0 Å². The van der Waals surface area contributed by atoms with Crippen LogP contribution in [0.2, 0.25) is 0 Å². The van der Waals surface area contributed by atoms with E-state index in [9.17, 15) is 0 Å². The summed E-state index contributed by atoms with van der Waals surface area (Å²) < 4.78 is 5.93. The standard InChI is InChI=1S/C15H19N3OS/c1-9(2)11-6-12(16)10(3)5-13(11)19-14-7-15(20-4)18-8-17-14/h5-9H,16H2,1-4H3. The largest absolute Gasteiger partial charge is 0.439 e. The first-order valence-electron chi connectivity index (χ1n) is 6.45. The molecule has 0 spiro atoms. The van der Waals surface area contributed by atoms with Crippen LogP contribution in [0.15, 0.2) is 29.6 Å². The average Bonchev–Trinajstić information content (AvgIpc) is 2.42. The predicted molar refractivity (Wildman–Crippen MR) is 83.6 cm³/mol. The quantitative estimate of drug-likeness (QED) is 0.523. The Balaban J connectivity index is 2.39. The maximum Gasteiger partial charge on any atom is 0.223 e. The van der Waals surface area contributed by atoms with Crippen LogP contribution in [0.1, 0.15) is 30.9 Å². The molecule has 0 aliphatic carbocycles. The van der Waals surface area contributed by atoms with Crippen LogP contribution in [0.3, 0.4) is 0 Å². The lowest BCUT2D eigenvalue weighted by Gasteiger charge is -2.15. The van der Waals surface area contributed by atoms with Gasteiger partial charge in [-0.1, -0.05) is 13.8 Å². The zero-order chi connectivity index (χ0) is 14.7. The van der Waals surface area contributed by atoms with Gasteiger partial charge in [0, 0.05) is 11.8 Å². The molecule has 5 heteroatoms. The molecule has 2 N–H and O–H groups in total. The number of rotatable bonds is 4. The second-order valence-electron chi connectivity index (χ2n) is 4.90. The van der Waals surface area contributed by atoms with E-state index < -0.39 is 0 Å². The molecule has 1 aromatic carbocycles. The molecule has 1 aromatic heterocycles. The van der Waals surface area contributed by atoms with Crippen LogP contribution in [0.5, 0.6) is 11.6 Å². The third-order valence-electron chi connectivity index (χ3n) is 3.06. The zero-order valence-corrected chi connectivity index (χ0v) is 13.0. The maximum atomic E-state index is 5.98. The molecule has 20 heavy (non-hydrogen) atoms. The van der Waals surface area contributed by atoms with Crippen LogP contribution in [0.25, 0.3) is 0 Å². The van der Waals surface area contributed by atoms with Gasteiger partial charge >= 0.3 is 0 Å². The average molecular weight is 289 g/mol. The van der Waals surface area contributed by atoms with Gasteiger partial charge in [-0.05, 0) is 42.4 Å². The number of hydrogen-bond acceptors (Lipinski definition) is 5. The molecule has 0 unspecified atom stereocenters. The summed E-state index contributed by atoms with van der Waals surface area (Å²) in [5.41, 5.74) is 8.85. The maximum absolute atomic E-state index is 5.98. The molecule has 0 saturated heterocycles. The molecular weight excluding hydrogens is 270 g/mol. The molecule has 1 heterocycles. The second-order valence-corrected chi connectivity index (χ2v) is 5.73. The van der Waals surface area contributed by atoms with Gasteiger partial charge in [-0.2, -0.15) is 0 Å². The Morgan fingerprint density at radius 3 is 2.60 bits per heavy atom. The Morgan fingerprint density at radius 1 is 1.20 bits per heavy atom. The molecule has 0 atom stereocenters. The summed E-state index contributed by atoms with van der Waals surface area (Å²) in [4.78, 5) is 8.30.